The smallest absolute Gasteiger partial charge is 0.304 e. The molecule has 1 heterocycles. The number of carboxylic acid groups (broad SMARTS) is 1. The minimum atomic E-state index is -0.795. The lowest BCUT2D eigenvalue weighted by Gasteiger charge is -2.07. The molecule has 0 spiro atoms. The Morgan fingerprint density at radius 1 is 1.67 bits per heavy atom. The third-order valence-corrected chi connectivity index (χ3v) is 2.58. The molecule has 0 radical (unpaired) electrons. The predicted molar refractivity (Wildman–Crippen MR) is 58.4 cm³/mol. The fourth-order valence-corrected chi connectivity index (χ4v) is 1.86. The van der Waals surface area contributed by atoms with Crippen LogP contribution in [0.2, 0.25) is 0 Å². The van der Waals surface area contributed by atoms with Crippen LogP contribution >= 0.6 is 11.8 Å². The number of hydrogen-bond donors (Lipinski definition) is 1. The number of pyridine rings is 1. The zero-order valence-electron chi connectivity index (χ0n) is 8.47. The van der Waals surface area contributed by atoms with Gasteiger partial charge in [-0.15, -0.1) is 11.8 Å². The van der Waals surface area contributed by atoms with Gasteiger partial charge in [-0.05, 0) is 19.1 Å². The predicted octanol–water partition coefficient (Wildman–Crippen LogP) is 2.05. The molecule has 0 aliphatic heterocycles. The highest BCUT2D eigenvalue weighted by Crippen LogP contribution is 2.26. The minimum absolute atomic E-state index is 0.132. The molecule has 0 aromatic carbocycles. The van der Waals surface area contributed by atoms with E-state index < -0.39 is 5.97 Å². The Bertz CT molecular complexity index is 330. The number of aliphatic carboxylic acids is 1. The molecule has 1 N–H and O–H groups in total. The average Bonchev–Trinajstić information content (AvgIpc) is 2.20. The summed E-state index contributed by atoms with van der Waals surface area (Å²) in [6.45, 7) is 2.48. The first-order chi connectivity index (χ1) is 7.24. The van der Waals surface area contributed by atoms with Crippen LogP contribution in [-0.2, 0) is 4.79 Å². The molecule has 0 aliphatic rings. The van der Waals surface area contributed by atoms with Gasteiger partial charge in [0, 0.05) is 11.9 Å². The fraction of sp³-hybridized carbons (Fsp3) is 0.400. The van der Waals surface area contributed by atoms with E-state index in [0.717, 1.165) is 10.8 Å². The molecule has 0 saturated heterocycles. The maximum absolute atomic E-state index is 10.3. The Hall–Kier alpha value is -1.23. The highest BCUT2D eigenvalue weighted by Gasteiger charge is 2.05. The normalized spacial score (nSPS) is 9.93. The van der Waals surface area contributed by atoms with Crippen molar-refractivity contribution < 1.29 is 14.6 Å². The lowest BCUT2D eigenvalue weighted by atomic mass is 10.5. The number of carboxylic acids is 1. The Morgan fingerprint density at radius 2 is 2.47 bits per heavy atom. The highest BCUT2D eigenvalue weighted by atomic mass is 32.2. The van der Waals surface area contributed by atoms with Crippen LogP contribution in [0.5, 0.6) is 5.75 Å². The van der Waals surface area contributed by atoms with Crippen LogP contribution < -0.4 is 4.74 Å². The zero-order chi connectivity index (χ0) is 11.1. The number of aromatic nitrogens is 1. The van der Waals surface area contributed by atoms with Crippen molar-refractivity contribution in [3.8, 4) is 5.75 Å². The van der Waals surface area contributed by atoms with Gasteiger partial charge in [0.1, 0.15) is 5.03 Å². The third kappa shape index (κ3) is 4.20. The van der Waals surface area contributed by atoms with Crippen LogP contribution in [0, 0.1) is 0 Å². The van der Waals surface area contributed by atoms with Crippen LogP contribution in [-0.4, -0.2) is 28.4 Å². The van der Waals surface area contributed by atoms with E-state index >= 15 is 0 Å². The Kier molecular flexibility index (Phi) is 4.97. The average molecular weight is 227 g/mol. The molecule has 0 saturated carbocycles. The number of thioether (sulfide) groups is 1. The van der Waals surface area contributed by atoms with Crippen LogP contribution in [0.3, 0.4) is 0 Å². The summed E-state index contributed by atoms with van der Waals surface area (Å²) in [5.41, 5.74) is 0. The Balaban J connectivity index is 2.55. The quantitative estimate of drug-likeness (QED) is 0.754. The van der Waals surface area contributed by atoms with E-state index in [2.05, 4.69) is 4.98 Å². The molecule has 0 unspecified atom stereocenters. The second-order valence-corrected chi connectivity index (χ2v) is 3.82. The van der Waals surface area contributed by atoms with Crippen molar-refractivity contribution in [2.45, 2.75) is 18.4 Å². The number of nitrogens with zero attached hydrogens (tertiary/aromatic N) is 1. The molecule has 1 rings (SSSR count). The van der Waals surface area contributed by atoms with E-state index in [1.54, 1.807) is 12.3 Å². The molecule has 15 heavy (non-hydrogen) atoms. The van der Waals surface area contributed by atoms with Gasteiger partial charge in [0.25, 0.3) is 0 Å². The molecule has 1 aromatic rings. The van der Waals surface area contributed by atoms with Gasteiger partial charge in [0.05, 0.1) is 13.0 Å². The molecule has 5 heteroatoms. The third-order valence-electron chi connectivity index (χ3n) is 1.59. The zero-order valence-corrected chi connectivity index (χ0v) is 9.29. The van der Waals surface area contributed by atoms with Crippen LogP contribution in [0.15, 0.2) is 23.4 Å². The minimum Gasteiger partial charge on any atom is -0.491 e. The number of ether oxygens (including phenoxy) is 1. The number of hydrogen-bond acceptors (Lipinski definition) is 4. The van der Waals surface area contributed by atoms with Crippen LogP contribution in [0.4, 0.5) is 0 Å². The van der Waals surface area contributed by atoms with Crippen LogP contribution in [0.25, 0.3) is 0 Å². The van der Waals surface area contributed by atoms with Crippen molar-refractivity contribution in [1.29, 1.82) is 0 Å². The summed E-state index contributed by atoms with van der Waals surface area (Å²) >= 11 is 1.40. The number of rotatable bonds is 6. The van der Waals surface area contributed by atoms with Gasteiger partial charge in [-0.2, -0.15) is 0 Å². The summed E-state index contributed by atoms with van der Waals surface area (Å²) in [5.74, 6) is 0.429. The Morgan fingerprint density at radius 3 is 3.13 bits per heavy atom. The topological polar surface area (TPSA) is 59.4 Å². The van der Waals surface area contributed by atoms with E-state index in [4.69, 9.17) is 9.84 Å². The summed E-state index contributed by atoms with van der Waals surface area (Å²) in [7, 11) is 0. The summed E-state index contributed by atoms with van der Waals surface area (Å²) in [4.78, 5) is 14.5. The molecule has 0 fully saturated rings. The largest absolute Gasteiger partial charge is 0.491 e. The maximum Gasteiger partial charge on any atom is 0.304 e. The second kappa shape index (κ2) is 6.29. The monoisotopic (exact) mass is 227 g/mol. The lowest BCUT2D eigenvalue weighted by molar-refractivity contribution is -0.136. The van der Waals surface area contributed by atoms with E-state index in [9.17, 15) is 4.79 Å². The molecule has 4 nitrogen and oxygen atoms in total. The van der Waals surface area contributed by atoms with Gasteiger partial charge in [-0.25, -0.2) is 4.98 Å². The first-order valence-corrected chi connectivity index (χ1v) is 5.65. The van der Waals surface area contributed by atoms with Gasteiger partial charge >= 0.3 is 5.97 Å². The molecule has 0 bridgehead atoms. The summed E-state index contributed by atoms with van der Waals surface area (Å²) in [6.07, 6.45) is 1.80. The van der Waals surface area contributed by atoms with Crippen LogP contribution in [0.1, 0.15) is 13.3 Å². The molecule has 0 atom stereocenters. The van der Waals surface area contributed by atoms with E-state index in [1.165, 1.54) is 11.8 Å². The standard InChI is InChI=1S/C10H13NO3S/c1-2-14-8-4-3-6-11-10(8)15-7-5-9(12)13/h3-4,6H,2,5,7H2,1H3,(H,12,13). The van der Waals surface area contributed by atoms with Gasteiger partial charge in [0.15, 0.2) is 5.75 Å². The first-order valence-electron chi connectivity index (χ1n) is 4.66. The van der Waals surface area contributed by atoms with E-state index in [1.807, 2.05) is 13.0 Å². The molecule has 1 aromatic heterocycles. The lowest BCUT2D eigenvalue weighted by Crippen LogP contribution is -1.98. The molecule has 0 amide bonds. The molecule has 0 aliphatic carbocycles. The van der Waals surface area contributed by atoms with E-state index in [0.29, 0.717) is 12.4 Å². The highest BCUT2D eigenvalue weighted by molar-refractivity contribution is 7.99. The van der Waals surface area contributed by atoms with E-state index in [-0.39, 0.29) is 6.42 Å². The summed E-state index contributed by atoms with van der Waals surface area (Å²) in [6, 6.07) is 3.63. The summed E-state index contributed by atoms with van der Waals surface area (Å²) in [5, 5.41) is 9.25. The molecule has 82 valence electrons. The number of carbonyl (C=O) groups is 1. The van der Waals surface area contributed by atoms with Gasteiger partial charge in [-0.3, -0.25) is 4.79 Å². The molecular weight excluding hydrogens is 214 g/mol. The van der Waals surface area contributed by atoms with Gasteiger partial charge < -0.3 is 9.84 Å². The Labute approximate surface area is 92.7 Å². The van der Waals surface area contributed by atoms with Gasteiger partial charge in [0.2, 0.25) is 0 Å². The van der Waals surface area contributed by atoms with Crippen molar-refractivity contribution in [1.82, 2.24) is 4.98 Å². The fourth-order valence-electron chi connectivity index (χ4n) is 0.985. The SMILES string of the molecule is CCOc1cccnc1SCCC(=O)O. The maximum atomic E-state index is 10.3. The van der Waals surface area contributed by atoms with Crippen molar-refractivity contribution in [2.24, 2.45) is 0 Å². The summed E-state index contributed by atoms with van der Waals surface area (Å²) < 4.78 is 5.36. The first kappa shape index (κ1) is 11.8. The van der Waals surface area contributed by atoms with Crippen molar-refractivity contribution in [3.05, 3.63) is 18.3 Å². The molecular formula is C10H13NO3S. The van der Waals surface area contributed by atoms with Crippen molar-refractivity contribution in [3.63, 3.8) is 0 Å². The second-order valence-electron chi connectivity index (χ2n) is 2.73. The van der Waals surface area contributed by atoms with Crippen molar-refractivity contribution in [2.75, 3.05) is 12.4 Å². The van der Waals surface area contributed by atoms with Gasteiger partial charge in [-0.1, -0.05) is 0 Å². The van der Waals surface area contributed by atoms with Crippen molar-refractivity contribution >= 4 is 17.7 Å².